The van der Waals surface area contributed by atoms with Crippen molar-refractivity contribution in [1.82, 2.24) is 0 Å². The number of hydrogen-bond acceptors (Lipinski definition) is 3. The van der Waals surface area contributed by atoms with Crippen LogP contribution in [0.2, 0.25) is 0 Å². The topological polar surface area (TPSA) is 74.6 Å². The lowest BCUT2D eigenvalue weighted by atomic mass is 9.86. The van der Waals surface area contributed by atoms with Crippen molar-refractivity contribution in [3.63, 3.8) is 0 Å². The number of carbonyl (C=O) groups excluding carboxylic acids is 1. The second-order valence-corrected chi connectivity index (χ2v) is 8.12. The molecule has 0 spiro atoms. The summed E-state index contributed by atoms with van der Waals surface area (Å²) in [5, 5.41) is 17.9. The van der Waals surface area contributed by atoms with Gasteiger partial charge in [0, 0.05) is 12.3 Å². The number of alkyl halides is 1. The molecular weight excluding hydrogens is 347 g/mol. The Morgan fingerprint density at radius 3 is 2.70 bits per heavy atom. The number of carboxylic acid groups (broad SMARTS) is 1. The Morgan fingerprint density at radius 2 is 2.07 bits per heavy atom. The van der Waals surface area contributed by atoms with Crippen molar-refractivity contribution in [2.45, 2.75) is 83.9 Å². The van der Waals surface area contributed by atoms with E-state index in [1.54, 1.807) is 6.92 Å². The minimum absolute atomic E-state index is 0.0987. The maximum absolute atomic E-state index is 14.4. The molecule has 2 N–H and O–H groups in total. The highest BCUT2D eigenvalue weighted by atomic mass is 19.1. The summed E-state index contributed by atoms with van der Waals surface area (Å²) >= 11 is 0. The van der Waals surface area contributed by atoms with E-state index in [9.17, 15) is 19.1 Å². The number of aliphatic carboxylic acids is 1. The molecule has 1 aliphatic carbocycles. The van der Waals surface area contributed by atoms with E-state index in [1.807, 2.05) is 24.3 Å². The highest BCUT2D eigenvalue weighted by Crippen LogP contribution is 2.38. The van der Waals surface area contributed by atoms with E-state index in [0.717, 1.165) is 12.8 Å². The van der Waals surface area contributed by atoms with Gasteiger partial charge >= 0.3 is 5.97 Å². The van der Waals surface area contributed by atoms with Gasteiger partial charge in [-0.25, -0.2) is 9.18 Å². The minimum Gasteiger partial charge on any atom is -0.479 e. The number of halogens is 1. The van der Waals surface area contributed by atoms with Gasteiger partial charge in [-0.3, -0.25) is 4.79 Å². The molecule has 0 bridgehead atoms. The molecule has 1 saturated carbocycles. The lowest BCUT2D eigenvalue weighted by molar-refractivity contribution is -0.146. The van der Waals surface area contributed by atoms with E-state index >= 15 is 0 Å². The maximum Gasteiger partial charge on any atom is 0.332 e. The lowest BCUT2D eigenvalue weighted by Gasteiger charge is -2.20. The first-order valence-corrected chi connectivity index (χ1v) is 10.1. The predicted molar refractivity (Wildman–Crippen MR) is 105 cm³/mol. The van der Waals surface area contributed by atoms with Crippen molar-refractivity contribution in [3.8, 4) is 0 Å². The molecule has 0 aromatic carbocycles. The third kappa shape index (κ3) is 8.37. The number of rotatable bonds is 12. The number of Topliss-reactive ketones (excluding diaryl/α,β-unsaturated/α-hetero) is 1. The molecule has 4 nitrogen and oxygen atoms in total. The number of carbonyl (C=O) groups is 2. The van der Waals surface area contributed by atoms with Crippen molar-refractivity contribution in [3.05, 3.63) is 24.3 Å². The number of aliphatic hydroxyl groups is 1. The summed E-state index contributed by atoms with van der Waals surface area (Å²) in [5.74, 6) is -0.705. The Bertz CT molecular complexity index is 538. The van der Waals surface area contributed by atoms with Gasteiger partial charge in [-0.15, -0.1) is 0 Å². The van der Waals surface area contributed by atoms with Gasteiger partial charge in [-0.05, 0) is 50.9 Å². The molecule has 5 atom stereocenters. The Labute approximate surface area is 162 Å². The predicted octanol–water partition coefficient (Wildman–Crippen LogP) is 4.86. The minimum atomic E-state index is -1.35. The normalized spacial score (nSPS) is 26.7. The summed E-state index contributed by atoms with van der Waals surface area (Å²) in [6.07, 6.45) is 10.9. The smallest absolute Gasteiger partial charge is 0.332 e. The summed E-state index contributed by atoms with van der Waals surface area (Å²) in [7, 11) is 0. The van der Waals surface area contributed by atoms with E-state index < -0.39 is 17.7 Å². The molecule has 0 aromatic rings. The van der Waals surface area contributed by atoms with Crippen LogP contribution >= 0.6 is 0 Å². The van der Waals surface area contributed by atoms with E-state index in [4.69, 9.17) is 5.11 Å². The zero-order chi connectivity index (χ0) is 20.4. The molecule has 1 rings (SSSR count). The fourth-order valence-electron chi connectivity index (χ4n) is 3.68. The molecule has 154 valence electrons. The van der Waals surface area contributed by atoms with Crippen LogP contribution in [0.4, 0.5) is 4.39 Å². The van der Waals surface area contributed by atoms with Gasteiger partial charge in [0.05, 0.1) is 0 Å². The van der Waals surface area contributed by atoms with Crippen molar-refractivity contribution >= 4 is 11.8 Å². The SMILES string of the molecule is CCCC[C@@](C)(F)CC=C[C@H]1[C@H](C)CC(=O)[C@@H]1CC=CCCC(O)C(=O)O. The van der Waals surface area contributed by atoms with Gasteiger partial charge < -0.3 is 10.2 Å². The van der Waals surface area contributed by atoms with Crippen LogP contribution in [-0.4, -0.2) is 33.7 Å². The van der Waals surface area contributed by atoms with Gasteiger partial charge in [0.2, 0.25) is 0 Å². The first-order chi connectivity index (χ1) is 12.7. The fourth-order valence-corrected chi connectivity index (χ4v) is 3.68. The molecule has 1 unspecified atom stereocenters. The average molecular weight is 383 g/mol. The number of unbranched alkanes of at least 4 members (excludes halogenated alkanes) is 1. The first kappa shape index (κ1) is 23.5. The van der Waals surface area contributed by atoms with Gasteiger partial charge in [-0.2, -0.15) is 0 Å². The summed E-state index contributed by atoms with van der Waals surface area (Å²) in [6.45, 7) is 5.76. The van der Waals surface area contributed by atoms with E-state index in [0.29, 0.717) is 32.1 Å². The van der Waals surface area contributed by atoms with Crippen LogP contribution < -0.4 is 0 Å². The zero-order valence-corrected chi connectivity index (χ0v) is 16.9. The number of allylic oxidation sites excluding steroid dienone is 4. The Hall–Kier alpha value is -1.49. The van der Waals surface area contributed by atoms with E-state index in [2.05, 4.69) is 13.8 Å². The number of hydrogen-bond donors (Lipinski definition) is 2. The first-order valence-electron chi connectivity index (χ1n) is 10.1. The monoisotopic (exact) mass is 382 g/mol. The molecule has 5 heteroatoms. The van der Waals surface area contributed by atoms with Crippen LogP contribution in [0.1, 0.15) is 72.1 Å². The molecule has 1 aliphatic rings. The quantitative estimate of drug-likeness (QED) is 0.473. The second kappa shape index (κ2) is 11.4. The number of aliphatic hydroxyl groups excluding tert-OH is 1. The molecule has 0 saturated heterocycles. The fraction of sp³-hybridized carbons (Fsp3) is 0.727. The van der Waals surface area contributed by atoms with Crippen LogP contribution in [0.5, 0.6) is 0 Å². The van der Waals surface area contributed by atoms with Gasteiger partial charge in [-0.1, -0.05) is 51.0 Å². The summed E-state index contributed by atoms with van der Waals surface area (Å²) in [4.78, 5) is 22.9. The lowest BCUT2D eigenvalue weighted by Crippen LogP contribution is -2.18. The van der Waals surface area contributed by atoms with Crippen LogP contribution in [-0.2, 0) is 9.59 Å². The third-order valence-electron chi connectivity index (χ3n) is 5.46. The van der Waals surface area contributed by atoms with E-state index in [-0.39, 0.29) is 30.0 Å². The highest BCUT2D eigenvalue weighted by molar-refractivity contribution is 5.84. The van der Waals surface area contributed by atoms with Crippen LogP contribution in [0.25, 0.3) is 0 Å². The van der Waals surface area contributed by atoms with Crippen LogP contribution in [0.3, 0.4) is 0 Å². The van der Waals surface area contributed by atoms with Crippen molar-refractivity contribution in [2.24, 2.45) is 17.8 Å². The van der Waals surface area contributed by atoms with Gasteiger partial charge in [0.25, 0.3) is 0 Å². The van der Waals surface area contributed by atoms with Crippen molar-refractivity contribution in [2.75, 3.05) is 0 Å². The van der Waals surface area contributed by atoms with Crippen molar-refractivity contribution in [1.29, 1.82) is 0 Å². The number of ketones is 1. The summed E-state index contributed by atoms with van der Waals surface area (Å²) < 4.78 is 14.4. The van der Waals surface area contributed by atoms with Crippen molar-refractivity contribution < 1.29 is 24.2 Å². The summed E-state index contributed by atoms with van der Waals surface area (Å²) in [6, 6.07) is 0. The largest absolute Gasteiger partial charge is 0.479 e. The molecule has 27 heavy (non-hydrogen) atoms. The Kier molecular flexibility index (Phi) is 9.92. The Balaban J connectivity index is 2.55. The molecule has 0 aliphatic heterocycles. The van der Waals surface area contributed by atoms with Gasteiger partial charge in [0.15, 0.2) is 6.10 Å². The molecular formula is C22H35FO4. The molecule has 0 heterocycles. The number of carboxylic acids is 1. The standard InChI is InChI=1S/C22H35FO4/c1-4-5-13-22(3,23)14-9-11-17-16(2)15-20(25)18(17)10-7-6-8-12-19(24)21(26)27/h6-7,9,11,16-19,24H,4-5,8,10,12-15H2,1-3H3,(H,26,27)/t16-,17+,18-,19?,22-/m1/s1. The molecule has 0 aromatic heterocycles. The van der Waals surface area contributed by atoms with Gasteiger partial charge in [0.1, 0.15) is 11.5 Å². The molecule has 1 fully saturated rings. The molecule has 0 amide bonds. The average Bonchev–Trinajstić information content (AvgIpc) is 2.86. The Morgan fingerprint density at radius 1 is 1.37 bits per heavy atom. The maximum atomic E-state index is 14.4. The van der Waals surface area contributed by atoms with Crippen LogP contribution in [0, 0.1) is 17.8 Å². The van der Waals surface area contributed by atoms with Crippen LogP contribution in [0.15, 0.2) is 24.3 Å². The third-order valence-corrected chi connectivity index (χ3v) is 5.46. The highest BCUT2D eigenvalue weighted by Gasteiger charge is 2.37. The molecule has 0 radical (unpaired) electrons. The van der Waals surface area contributed by atoms with E-state index in [1.165, 1.54) is 0 Å². The zero-order valence-electron chi connectivity index (χ0n) is 16.9. The summed E-state index contributed by atoms with van der Waals surface area (Å²) in [5.41, 5.74) is -1.20. The second-order valence-electron chi connectivity index (χ2n) is 8.12.